The molecule has 9 nitrogen and oxygen atoms in total. The van der Waals surface area contributed by atoms with E-state index < -0.39 is 0 Å². The Kier molecular flexibility index (Phi) is 10.4. The number of aryl methyl sites for hydroxylation is 2. The maximum absolute atomic E-state index is 12.4. The average Bonchev–Trinajstić information content (AvgIpc) is 3.28. The summed E-state index contributed by atoms with van der Waals surface area (Å²) in [7, 11) is 0. The summed E-state index contributed by atoms with van der Waals surface area (Å²) in [6.07, 6.45) is 6.48. The zero-order chi connectivity index (χ0) is 26.2. The molecule has 0 saturated carbocycles. The molecule has 0 aliphatic carbocycles. The van der Waals surface area contributed by atoms with Crippen molar-refractivity contribution in [1.29, 1.82) is 0 Å². The SMILES string of the molecule is Cc1cn(CCC(C)(C)OCCC(C)(C)NC(=O)CCCCCN2C(=O)CC(C(C)C)C2=O)nn1. The number of unbranched alkanes of at least 4 members (excludes halogenated alkanes) is 2. The van der Waals surface area contributed by atoms with Gasteiger partial charge in [0.2, 0.25) is 17.7 Å². The highest BCUT2D eigenvalue weighted by molar-refractivity contribution is 6.03. The third-order valence-corrected chi connectivity index (χ3v) is 6.66. The van der Waals surface area contributed by atoms with Crippen molar-refractivity contribution < 1.29 is 19.1 Å². The molecule has 0 radical (unpaired) electrons. The number of imide groups is 1. The summed E-state index contributed by atoms with van der Waals surface area (Å²) in [5.41, 5.74) is 0.238. The molecule has 1 aliphatic heterocycles. The van der Waals surface area contributed by atoms with Crippen molar-refractivity contribution >= 4 is 17.7 Å². The molecule has 0 bridgehead atoms. The smallest absolute Gasteiger partial charge is 0.233 e. The number of rotatable bonds is 15. The molecule has 1 aromatic heterocycles. The lowest BCUT2D eigenvalue weighted by Crippen LogP contribution is -2.44. The lowest BCUT2D eigenvalue weighted by Gasteiger charge is -2.30. The number of nitrogens with zero attached hydrogens (tertiary/aromatic N) is 4. The largest absolute Gasteiger partial charge is 0.375 e. The molecule has 1 atom stereocenters. The van der Waals surface area contributed by atoms with Crippen molar-refractivity contribution in [3.63, 3.8) is 0 Å². The Morgan fingerprint density at radius 3 is 2.46 bits per heavy atom. The lowest BCUT2D eigenvalue weighted by atomic mass is 9.94. The summed E-state index contributed by atoms with van der Waals surface area (Å²) in [4.78, 5) is 38.3. The number of ether oxygens (including phenoxy) is 1. The van der Waals surface area contributed by atoms with Crippen LogP contribution in [0.15, 0.2) is 6.20 Å². The van der Waals surface area contributed by atoms with E-state index in [0.29, 0.717) is 32.4 Å². The van der Waals surface area contributed by atoms with E-state index in [1.165, 1.54) is 4.90 Å². The zero-order valence-electron chi connectivity index (χ0n) is 22.7. The van der Waals surface area contributed by atoms with Crippen LogP contribution in [-0.4, -0.2) is 61.9 Å². The maximum Gasteiger partial charge on any atom is 0.233 e. The molecule has 2 heterocycles. The number of aromatic nitrogens is 3. The number of hydrogen-bond donors (Lipinski definition) is 1. The second-order valence-electron chi connectivity index (χ2n) is 11.4. The molecule has 1 saturated heterocycles. The van der Waals surface area contributed by atoms with Crippen molar-refractivity contribution in [2.45, 2.75) is 111 Å². The Morgan fingerprint density at radius 2 is 1.86 bits per heavy atom. The van der Waals surface area contributed by atoms with E-state index in [2.05, 4.69) is 29.5 Å². The molecule has 1 fully saturated rings. The van der Waals surface area contributed by atoms with Gasteiger partial charge in [-0.3, -0.25) is 24.0 Å². The molecule has 198 valence electrons. The molecule has 1 unspecified atom stereocenters. The Hall–Kier alpha value is -2.29. The number of likely N-dealkylation sites (tertiary alicyclic amines) is 1. The van der Waals surface area contributed by atoms with Crippen molar-refractivity contribution in [3.05, 3.63) is 11.9 Å². The summed E-state index contributed by atoms with van der Waals surface area (Å²) >= 11 is 0. The molecule has 9 heteroatoms. The van der Waals surface area contributed by atoms with Gasteiger partial charge in [-0.05, 0) is 66.2 Å². The van der Waals surface area contributed by atoms with Crippen LogP contribution >= 0.6 is 0 Å². The van der Waals surface area contributed by atoms with Gasteiger partial charge in [0, 0.05) is 50.2 Å². The highest BCUT2D eigenvalue weighted by Gasteiger charge is 2.39. The summed E-state index contributed by atoms with van der Waals surface area (Å²) < 4.78 is 7.93. The molecule has 1 aromatic rings. The monoisotopic (exact) mass is 491 g/mol. The second kappa shape index (κ2) is 12.6. The molecular formula is C26H45N5O4. The van der Waals surface area contributed by atoms with E-state index in [0.717, 1.165) is 37.9 Å². The molecule has 35 heavy (non-hydrogen) atoms. The first-order valence-corrected chi connectivity index (χ1v) is 13.0. The zero-order valence-corrected chi connectivity index (χ0v) is 22.7. The standard InChI is InChI=1S/C26H45N5O4/c1-19(2)21-17-23(33)31(24(21)34)14-10-8-9-11-22(32)27-25(4,5)13-16-35-26(6,7)12-15-30-18-20(3)28-29-30/h18-19,21H,8-17H2,1-7H3,(H,27,32). The first-order valence-electron chi connectivity index (χ1n) is 13.0. The van der Waals surface area contributed by atoms with Crippen molar-refractivity contribution in [1.82, 2.24) is 25.2 Å². The van der Waals surface area contributed by atoms with Gasteiger partial charge in [-0.25, -0.2) is 0 Å². The van der Waals surface area contributed by atoms with Crippen LogP contribution in [0, 0.1) is 18.8 Å². The summed E-state index contributed by atoms with van der Waals surface area (Å²) in [6.45, 7) is 15.8. The Bertz CT molecular complexity index is 862. The van der Waals surface area contributed by atoms with E-state index >= 15 is 0 Å². The number of amides is 3. The lowest BCUT2D eigenvalue weighted by molar-refractivity contribution is -0.139. The molecular weight excluding hydrogens is 446 g/mol. The van der Waals surface area contributed by atoms with Crippen LogP contribution in [-0.2, 0) is 25.7 Å². The van der Waals surface area contributed by atoms with E-state index in [1.807, 2.05) is 45.5 Å². The minimum absolute atomic E-state index is 0.0176. The fourth-order valence-corrected chi connectivity index (χ4v) is 4.24. The van der Waals surface area contributed by atoms with Crippen LogP contribution in [0.2, 0.25) is 0 Å². The molecule has 3 amide bonds. The van der Waals surface area contributed by atoms with Gasteiger partial charge >= 0.3 is 0 Å². The van der Waals surface area contributed by atoms with Crippen LogP contribution in [0.4, 0.5) is 0 Å². The molecule has 0 spiro atoms. The highest BCUT2D eigenvalue weighted by atomic mass is 16.5. The van der Waals surface area contributed by atoms with Crippen molar-refractivity contribution in [3.8, 4) is 0 Å². The molecule has 0 aromatic carbocycles. The molecule has 1 aliphatic rings. The Morgan fingerprint density at radius 1 is 1.14 bits per heavy atom. The van der Waals surface area contributed by atoms with Gasteiger partial charge < -0.3 is 10.1 Å². The van der Waals surface area contributed by atoms with E-state index in [9.17, 15) is 14.4 Å². The Balaban J connectivity index is 1.60. The Labute approximate surface area is 210 Å². The van der Waals surface area contributed by atoms with Crippen molar-refractivity contribution in [2.75, 3.05) is 13.2 Å². The number of hydrogen-bond acceptors (Lipinski definition) is 6. The van der Waals surface area contributed by atoms with Crippen LogP contribution in [0.5, 0.6) is 0 Å². The van der Waals surface area contributed by atoms with Crippen molar-refractivity contribution in [2.24, 2.45) is 11.8 Å². The summed E-state index contributed by atoms with van der Waals surface area (Å²) in [6, 6.07) is 0. The maximum atomic E-state index is 12.4. The third kappa shape index (κ3) is 9.70. The van der Waals surface area contributed by atoms with E-state index in [1.54, 1.807) is 0 Å². The number of carbonyl (C=O) groups is 3. The average molecular weight is 492 g/mol. The van der Waals surface area contributed by atoms with Gasteiger partial charge in [-0.15, -0.1) is 5.10 Å². The molecule has 2 rings (SSSR count). The van der Waals surface area contributed by atoms with E-state index in [4.69, 9.17) is 4.74 Å². The normalized spacial score (nSPS) is 17.0. The topological polar surface area (TPSA) is 106 Å². The molecule has 1 N–H and O–H groups in total. The van der Waals surface area contributed by atoms with Gasteiger partial charge in [0.05, 0.1) is 11.3 Å². The van der Waals surface area contributed by atoms with Gasteiger partial charge in [-0.1, -0.05) is 25.5 Å². The minimum Gasteiger partial charge on any atom is -0.375 e. The van der Waals surface area contributed by atoms with E-state index in [-0.39, 0.29) is 40.7 Å². The highest BCUT2D eigenvalue weighted by Crippen LogP contribution is 2.26. The first kappa shape index (κ1) is 28.9. The summed E-state index contributed by atoms with van der Waals surface area (Å²) in [5, 5.41) is 11.2. The first-order chi connectivity index (χ1) is 16.3. The quantitative estimate of drug-likeness (QED) is 0.296. The van der Waals surface area contributed by atoms with Crippen LogP contribution < -0.4 is 5.32 Å². The van der Waals surface area contributed by atoms with Crippen LogP contribution in [0.1, 0.15) is 92.2 Å². The second-order valence-corrected chi connectivity index (χ2v) is 11.4. The number of nitrogens with one attached hydrogen (secondary N) is 1. The van der Waals surface area contributed by atoms with Gasteiger partial charge in [0.1, 0.15) is 0 Å². The predicted octanol–water partition coefficient (Wildman–Crippen LogP) is 3.65. The predicted molar refractivity (Wildman–Crippen MR) is 134 cm³/mol. The van der Waals surface area contributed by atoms with Crippen LogP contribution in [0.3, 0.4) is 0 Å². The fourth-order valence-electron chi connectivity index (χ4n) is 4.24. The van der Waals surface area contributed by atoms with Crippen LogP contribution in [0.25, 0.3) is 0 Å². The van der Waals surface area contributed by atoms with Gasteiger partial charge in [0.15, 0.2) is 0 Å². The fraction of sp³-hybridized carbons (Fsp3) is 0.808. The third-order valence-electron chi connectivity index (χ3n) is 6.66. The summed E-state index contributed by atoms with van der Waals surface area (Å²) in [5.74, 6) is -0.0774. The van der Waals surface area contributed by atoms with Gasteiger partial charge in [-0.2, -0.15) is 0 Å². The van der Waals surface area contributed by atoms with Gasteiger partial charge in [0.25, 0.3) is 0 Å². The minimum atomic E-state index is -0.365. The number of carbonyl (C=O) groups excluding carboxylic acids is 3.